The first-order valence-corrected chi connectivity index (χ1v) is 6.48. The van der Waals surface area contributed by atoms with Crippen LogP contribution in [0, 0.1) is 11.7 Å². The Hall–Kier alpha value is -0.640. The average molecular weight is 257 g/mol. The third-order valence-corrected chi connectivity index (χ3v) is 4.00. The summed E-state index contributed by atoms with van der Waals surface area (Å²) in [6, 6.07) is 4.68. The standard InChI is InChI=1S/C13H18ClFN2/c14-12-6-5-11(15)7-10(12)8-13(17-16)9-3-1-2-4-9/h5-7,9,13,17H,1-4,8,16H2. The number of halogens is 2. The molecule has 0 aromatic heterocycles. The highest BCUT2D eigenvalue weighted by atomic mass is 35.5. The Morgan fingerprint density at radius 2 is 2.12 bits per heavy atom. The van der Waals surface area contributed by atoms with E-state index in [0.29, 0.717) is 17.4 Å². The maximum absolute atomic E-state index is 13.2. The van der Waals surface area contributed by atoms with Gasteiger partial charge in [-0.05, 0) is 48.9 Å². The molecule has 0 aliphatic heterocycles. The first-order valence-electron chi connectivity index (χ1n) is 6.10. The Balaban J connectivity index is 2.09. The SMILES string of the molecule is NNC(Cc1cc(F)ccc1Cl)C1CCCC1. The molecule has 1 saturated carbocycles. The summed E-state index contributed by atoms with van der Waals surface area (Å²) in [5.74, 6) is 5.94. The highest BCUT2D eigenvalue weighted by Gasteiger charge is 2.24. The molecule has 1 aromatic rings. The van der Waals surface area contributed by atoms with Gasteiger partial charge in [-0.2, -0.15) is 0 Å². The van der Waals surface area contributed by atoms with Crippen molar-refractivity contribution in [2.24, 2.45) is 11.8 Å². The molecule has 1 unspecified atom stereocenters. The van der Waals surface area contributed by atoms with Crippen LogP contribution in [0.1, 0.15) is 31.2 Å². The molecule has 94 valence electrons. The van der Waals surface area contributed by atoms with Crippen molar-refractivity contribution in [3.63, 3.8) is 0 Å². The summed E-state index contributed by atoms with van der Waals surface area (Å²) in [5, 5.41) is 0.615. The zero-order valence-electron chi connectivity index (χ0n) is 9.76. The molecular weight excluding hydrogens is 239 g/mol. The fourth-order valence-electron chi connectivity index (χ4n) is 2.66. The molecule has 0 spiro atoms. The molecule has 2 nitrogen and oxygen atoms in total. The maximum Gasteiger partial charge on any atom is 0.123 e. The minimum atomic E-state index is -0.244. The predicted octanol–water partition coefficient (Wildman–Crippen LogP) is 3.04. The van der Waals surface area contributed by atoms with E-state index in [2.05, 4.69) is 5.43 Å². The van der Waals surface area contributed by atoms with Gasteiger partial charge in [0.2, 0.25) is 0 Å². The normalized spacial score (nSPS) is 18.5. The van der Waals surface area contributed by atoms with E-state index in [-0.39, 0.29) is 11.9 Å². The van der Waals surface area contributed by atoms with E-state index in [9.17, 15) is 4.39 Å². The van der Waals surface area contributed by atoms with Gasteiger partial charge in [0, 0.05) is 11.1 Å². The summed E-state index contributed by atoms with van der Waals surface area (Å²) in [6.45, 7) is 0. The van der Waals surface area contributed by atoms with Crippen LogP contribution in [0.2, 0.25) is 5.02 Å². The van der Waals surface area contributed by atoms with E-state index >= 15 is 0 Å². The topological polar surface area (TPSA) is 38.0 Å². The number of hydrogen-bond acceptors (Lipinski definition) is 2. The second kappa shape index (κ2) is 5.80. The Morgan fingerprint density at radius 3 is 2.76 bits per heavy atom. The molecule has 0 bridgehead atoms. The number of benzene rings is 1. The van der Waals surface area contributed by atoms with Gasteiger partial charge < -0.3 is 0 Å². The number of rotatable bonds is 4. The van der Waals surface area contributed by atoms with Crippen LogP contribution in [0.4, 0.5) is 4.39 Å². The van der Waals surface area contributed by atoms with E-state index < -0.39 is 0 Å². The van der Waals surface area contributed by atoms with Crippen LogP contribution >= 0.6 is 11.6 Å². The Bertz CT molecular complexity index is 378. The second-order valence-electron chi connectivity index (χ2n) is 4.76. The van der Waals surface area contributed by atoms with E-state index in [1.54, 1.807) is 6.07 Å². The monoisotopic (exact) mass is 256 g/mol. The lowest BCUT2D eigenvalue weighted by atomic mass is 9.92. The van der Waals surface area contributed by atoms with Crippen molar-refractivity contribution in [1.82, 2.24) is 5.43 Å². The molecule has 17 heavy (non-hydrogen) atoms. The first-order chi connectivity index (χ1) is 8.20. The van der Waals surface area contributed by atoms with Crippen LogP contribution in [-0.2, 0) is 6.42 Å². The number of nitrogens with one attached hydrogen (secondary N) is 1. The summed E-state index contributed by atoms with van der Waals surface area (Å²) in [5.41, 5.74) is 3.69. The van der Waals surface area contributed by atoms with Gasteiger partial charge in [-0.25, -0.2) is 4.39 Å². The van der Waals surface area contributed by atoms with Crippen LogP contribution in [0.5, 0.6) is 0 Å². The van der Waals surface area contributed by atoms with Crippen molar-refractivity contribution in [3.05, 3.63) is 34.6 Å². The molecular formula is C13H18ClFN2. The van der Waals surface area contributed by atoms with Crippen LogP contribution in [0.15, 0.2) is 18.2 Å². The van der Waals surface area contributed by atoms with Crippen LogP contribution < -0.4 is 11.3 Å². The van der Waals surface area contributed by atoms with Gasteiger partial charge in [0.25, 0.3) is 0 Å². The van der Waals surface area contributed by atoms with Crippen molar-refractivity contribution < 1.29 is 4.39 Å². The quantitative estimate of drug-likeness (QED) is 0.642. The third kappa shape index (κ3) is 3.18. The molecule has 1 aliphatic carbocycles. The summed E-state index contributed by atoms with van der Waals surface area (Å²) in [7, 11) is 0. The Labute approximate surface area is 106 Å². The van der Waals surface area contributed by atoms with Gasteiger partial charge >= 0.3 is 0 Å². The lowest BCUT2D eigenvalue weighted by molar-refractivity contribution is 0.361. The first kappa shape index (κ1) is 12.8. The van der Waals surface area contributed by atoms with Crippen molar-refractivity contribution in [2.45, 2.75) is 38.1 Å². The molecule has 0 amide bonds. The zero-order valence-corrected chi connectivity index (χ0v) is 10.5. The Kier molecular flexibility index (Phi) is 4.37. The number of hydrazine groups is 1. The minimum absolute atomic E-state index is 0.191. The van der Waals surface area contributed by atoms with Gasteiger partial charge in [-0.15, -0.1) is 0 Å². The fourth-order valence-corrected chi connectivity index (χ4v) is 2.85. The maximum atomic E-state index is 13.2. The lowest BCUT2D eigenvalue weighted by Gasteiger charge is -2.23. The van der Waals surface area contributed by atoms with Crippen LogP contribution in [-0.4, -0.2) is 6.04 Å². The number of nitrogens with two attached hydrogens (primary N) is 1. The van der Waals surface area contributed by atoms with Crippen molar-refractivity contribution in [2.75, 3.05) is 0 Å². The van der Waals surface area contributed by atoms with Crippen molar-refractivity contribution in [3.8, 4) is 0 Å². The molecule has 0 radical (unpaired) electrons. The lowest BCUT2D eigenvalue weighted by Crippen LogP contribution is -2.41. The predicted molar refractivity (Wildman–Crippen MR) is 68.2 cm³/mol. The fraction of sp³-hybridized carbons (Fsp3) is 0.538. The van der Waals surface area contributed by atoms with Gasteiger partial charge in [0.15, 0.2) is 0 Å². The van der Waals surface area contributed by atoms with Gasteiger partial charge in [0.05, 0.1) is 0 Å². The van der Waals surface area contributed by atoms with E-state index in [1.807, 2.05) is 0 Å². The molecule has 0 saturated heterocycles. The van der Waals surface area contributed by atoms with E-state index in [1.165, 1.54) is 37.8 Å². The van der Waals surface area contributed by atoms with Crippen molar-refractivity contribution >= 4 is 11.6 Å². The van der Waals surface area contributed by atoms with Gasteiger partial charge in [0.1, 0.15) is 5.82 Å². The molecule has 3 N–H and O–H groups in total. The summed E-state index contributed by atoms with van der Waals surface area (Å²) < 4.78 is 13.2. The largest absolute Gasteiger partial charge is 0.271 e. The highest BCUT2D eigenvalue weighted by Crippen LogP contribution is 2.30. The molecule has 2 rings (SSSR count). The molecule has 1 atom stereocenters. The molecule has 1 aromatic carbocycles. The van der Waals surface area contributed by atoms with Gasteiger partial charge in [-0.3, -0.25) is 11.3 Å². The van der Waals surface area contributed by atoms with Crippen LogP contribution in [0.25, 0.3) is 0 Å². The van der Waals surface area contributed by atoms with Gasteiger partial charge in [-0.1, -0.05) is 24.4 Å². The summed E-state index contributed by atoms with van der Waals surface area (Å²) in [6.07, 6.45) is 5.61. The average Bonchev–Trinajstić information content (AvgIpc) is 2.84. The smallest absolute Gasteiger partial charge is 0.123 e. The van der Waals surface area contributed by atoms with E-state index in [4.69, 9.17) is 17.4 Å². The van der Waals surface area contributed by atoms with Crippen LogP contribution in [0.3, 0.4) is 0 Å². The van der Waals surface area contributed by atoms with E-state index in [0.717, 1.165) is 5.56 Å². The van der Waals surface area contributed by atoms with Crippen molar-refractivity contribution in [1.29, 1.82) is 0 Å². The summed E-state index contributed by atoms with van der Waals surface area (Å²) in [4.78, 5) is 0. The highest BCUT2D eigenvalue weighted by molar-refractivity contribution is 6.31. The molecule has 1 aliphatic rings. The zero-order chi connectivity index (χ0) is 12.3. The molecule has 4 heteroatoms. The minimum Gasteiger partial charge on any atom is -0.271 e. The molecule has 1 fully saturated rings. The Morgan fingerprint density at radius 1 is 1.41 bits per heavy atom. The summed E-state index contributed by atoms with van der Waals surface area (Å²) >= 11 is 6.07. The third-order valence-electron chi connectivity index (χ3n) is 3.63. The second-order valence-corrected chi connectivity index (χ2v) is 5.16. The number of hydrogen-bond donors (Lipinski definition) is 2. The molecule has 0 heterocycles.